The molecule has 1 aliphatic carbocycles. The zero-order valence-corrected chi connectivity index (χ0v) is 26.4. The molecule has 1 unspecified atom stereocenters. The van der Waals surface area contributed by atoms with Gasteiger partial charge in [0.1, 0.15) is 12.1 Å². The molecule has 6 nitrogen and oxygen atoms in total. The van der Waals surface area contributed by atoms with Crippen molar-refractivity contribution in [3.63, 3.8) is 0 Å². The highest BCUT2D eigenvalue weighted by molar-refractivity contribution is 5.82. The van der Waals surface area contributed by atoms with Crippen LogP contribution in [0.25, 0.3) is 5.57 Å². The lowest BCUT2D eigenvalue weighted by Crippen LogP contribution is -2.56. The monoisotopic (exact) mass is 545 g/mol. The molecule has 3 rings (SSSR count). The number of hydrogen-bond donors (Lipinski definition) is 0. The number of aryl methyl sites for hydroxylation is 1. The number of carbonyl (C=O) groups excluding carboxylic acids is 1. The molecular weight excluding hydrogens is 494 g/mol. The van der Waals surface area contributed by atoms with E-state index in [9.17, 15) is 4.79 Å². The van der Waals surface area contributed by atoms with Crippen LogP contribution in [-0.2, 0) is 4.79 Å². The number of nitriles is 1. The molecule has 1 atom stereocenters. The van der Waals surface area contributed by atoms with E-state index in [-0.39, 0.29) is 17.4 Å². The van der Waals surface area contributed by atoms with E-state index in [1.807, 2.05) is 50.0 Å². The predicted octanol–water partition coefficient (Wildman–Crippen LogP) is 7.83. The molecule has 6 heteroatoms. The Morgan fingerprint density at radius 3 is 2.42 bits per heavy atom. The van der Waals surface area contributed by atoms with Crippen LogP contribution in [0.2, 0.25) is 0 Å². The second-order valence-corrected chi connectivity index (χ2v) is 12.0. The molecule has 1 saturated heterocycles. The van der Waals surface area contributed by atoms with Crippen molar-refractivity contribution in [3.05, 3.63) is 59.1 Å². The number of aromatic nitrogens is 2. The van der Waals surface area contributed by atoms with E-state index in [0.717, 1.165) is 56.0 Å². The second-order valence-electron chi connectivity index (χ2n) is 12.0. The van der Waals surface area contributed by atoms with Crippen LogP contribution in [0.15, 0.2) is 47.9 Å². The summed E-state index contributed by atoms with van der Waals surface area (Å²) in [5, 5.41) is 8.85. The lowest BCUT2D eigenvalue weighted by atomic mass is 9.93. The van der Waals surface area contributed by atoms with Crippen LogP contribution >= 0.6 is 0 Å². The van der Waals surface area contributed by atoms with E-state index in [1.165, 1.54) is 29.6 Å². The highest BCUT2D eigenvalue weighted by Crippen LogP contribution is 2.45. The molecule has 40 heavy (non-hydrogen) atoms. The van der Waals surface area contributed by atoms with Crippen LogP contribution in [0.5, 0.6) is 0 Å². The van der Waals surface area contributed by atoms with Crippen LogP contribution in [0.4, 0.5) is 5.82 Å². The summed E-state index contributed by atoms with van der Waals surface area (Å²) in [6.45, 7) is 21.0. The van der Waals surface area contributed by atoms with E-state index in [2.05, 4.69) is 68.6 Å². The maximum absolute atomic E-state index is 12.7. The summed E-state index contributed by atoms with van der Waals surface area (Å²) in [5.74, 6) is 1.92. The van der Waals surface area contributed by atoms with Gasteiger partial charge in [-0.05, 0) is 77.0 Å². The molecule has 2 heterocycles. The first kappa shape index (κ1) is 33.0. The number of piperazine rings is 1. The number of amides is 1. The van der Waals surface area contributed by atoms with Gasteiger partial charge in [-0.25, -0.2) is 9.97 Å². The molecule has 218 valence electrons. The van der Waals surface area contributed by atoms with Crippen molar-refractivity contribution in [1.29, 1.82) is 5.26 Å². The smallest absolute Gasteiger partial charge is 0.228 e. The molecule has 1 aromatic heterocycles. The Balaban J connectivity index is 0.000000342. The van der Waals surface area contributed by atoms with E-state index < -0.39 is 0 Å². The second kappa shape index (κ2) is 15.6. The van der Waals surface area contributed by atoms with Crippen LogP contribution in [0.3, 0.4) is 0 Å². The topological polar surface area (TPSA) is 73.1 Å². The molecule has 1 saturated carbocycles. The maximum Gasteiger partial charge on any atom is 0.228 e. The third kappa shape index (κ3) is 9.47. The zero-order valence-electron chi connectivity index (χ0n) is 26.4. The van der Waals surface area contributed by atoms with Crippen molar-refractivity contribution in [3.8, 4) is 6.07 Å². The minimum atomic E-state index is -0.336. The van der Waals surface area contributed by atoms with Crippen LogP contribution in [0.1, 0.15) is 98.8 Å². The highest BCUT2D eigenvalue weighted by atomic mass is 16.2. The molecule has 1 amide bonds. The number of nitrogens with zero attached hydrogens (tertiary/aromatic N) is 5. The number of rotatable bonds is 8. The summed E-state index contributed by atoms with van der Waals surface area (Å²) < 4.78 is 0. The lowest BCUT2D eigenvalue weighted by Gasteiger charge is -2.43. The predicted molar refractivity (Wildman–Crippen MR) is 168 cm³/mol. The quantitative estimate of drug-likeness (QED) is 0.246. The summed E-state index contributed by atoms with van der Waals surface area (Å²) in [6, 6.07) is 2.36. The Kier molecular flexibility index (Phi) is 12.8. The summed E-state index contributed by atoms with van der Waals surface area (Å²) in [7, 11) is 0. The zero-order chi connectivity index (χ0) is 29.9. The summed E-state index contributed by atoms with van der Waals surface area (Å²) >= 11 is 0. The molecule has 0 spiro atoms. The van der Waals surface area contributed by atoms with Crippen molar-refractivity contribution in [2.75, 3.05) is 24.5 Å². The van der Waals surface area contributed by atoms with Gasteiger partial charge in [-0.15, -0.1) is 0 Å². The molecule has 1 aliphatic heterocycles. The summed E-state index contributed by atoms with van der Waals surface area (Å²) in [4.78, 5) is 26.2. The molecule has 0 radical (unpaired) electrons. The summed E-state index contributed by atoms with van der Waals surface area (Å²) in [5.41, 5.74) is 5.32. The van der Waals surface area contributed by atoms with Crippen LogP contribution in [0, 0.1) is 29.6 Å². The van der Waals surface area contributed by atoms with E-state index >= 15 is 0 Å². The molecule has 2 fully saturated rings. The fraction of sp³-hybridized carbons (Fsp3) is 0.588. The fourth-order valence-electron chi connectivity index (χ4n) is 5.06. The molecular formula is C34H51N5O. The molecule has 0 bridgehead atoms. The Bertz CT molecular complexity index is 1160. The van der Waals surface area contributed by atoms with E-state index in [0.29, 0.717) is 5.92 Å². The van der Waals surface area contributed by atoms with Crippen LogP contribution < -0.4 is 4.90 Å². The average molecular weight is 546 g/mol. The largest absolute Gasteiger partial charge is 0.352 e. The van der Waals surface area contributed by atoms with Gasteiger partial charge in [0.25, 0.3) is 0 Å². The number of hydrogen-bond acceptors (Lipinski definition) is 5. The summed E-state index contributed by atoms with van der Waals surface area (Å²) in [6.07, 6.45) is 17.4. The first-order chi connectivity index (χ1) is 19.0. The van der Waals surface area contributed by atoms with Gasteiger partial charge in [-0.2, -0.15) is 5.26 Å². The fourth-order valence-corrected chi connectivity index (χ4v) is 5.06. The van der Waals surface area contributed by atoms with Gasteiger partial charge in [0.05, 0.1) is 17.3 Å². The average Bonchev–Trinajstić information content (AvgIpc) is 3.74. The van der Waals surface area contributed by atoms with Gasteiger partial charge in [-0.1, -0.05) is 64.8 Å². The minimum Gasteiger partial charge on any atom is -0.352 e. The Hall–Kier alpha value is -3.20. The SMILES string of the molecule is C/C=C(\c1c(C)ncnc1N1CCN(C(=O)C(C)(C)C)C(C)C1)C1CC1.CC/C=C/C=C(C#N)\C=C(/C)CCC. The molecule has 0 aromatic carbocycles. The number of allylic oxidation sites excluding steroid dienone is 8. The Labute approximate surface area is 243 Å². The number of carbonyl (C=O) groups is 1. The first-order valence-corrected chi connectivity index (χ1v) is 15.0. The van der Waals surface area contributed by atoms with E-state index in [4.69, 9.17) is 5.26 Å². The highest BCUT2D eigenvalue weighted by Gasteiger charge is 2.36. The van der Waals surface area contributed by atoms with Gasteiger partial charge >= 0.3 is 0 Å². The minimum absolute atomic E-state index is 0.175. The Morgan fingerprint density at radius 1 is 1.20 bits per heavy atom. The van der Waals surface area contributed by atoms with Gasteiger partial charge in [0.15, 0.2) is 0 Å². The maximum atomic E-state index is 12.7. The van der Waals surface area contributed by atoms with Gasteiger partial charge in [0, 0.05) is 36.7 Å². The Morgan fingerprint density at radius 2 is 1.90 bits per heavy atom. The van der Waals surface area contributed by atoms with Crippen molar-refractivity contribution in [2.45, 2.75) is 100 Å². The van der Waals surface area contributed by atoms with Crippen molar-refractivity contribution in [2.24, 2.45) is 11.3 Å². The molecule has 2 aliphatic rings. The van der Waals surface area contributed by atoms with Gasteiger partial charge in [-0.3, -0.25) is 4.79 Å². The first-order valence-electron chi connectivity index (χ1n) is 15.0. The van der Waals surface area contributed by atoms with Gasteiger partial charge < -0.3 is 9.80 Å². The van der Waals surface area contributed by atoms with Gasteiger partial charge in [0.2, 0.25) is 5.91 Å². The van der Waals surface area contributed by atoms with E-state index in [1.54, 1.807) is 6.33 Å². The normalized spacial score (nSPS) is 18.9. The third-order valence-electron chi connectivity index (χ3n) is 7.29. The standard InChI is InChI=1S/C21H32N4O.C13H19N/c1-7-17(16-8-9-16)18-15(3)22-13-23-19(18)24-10-11-25(14(2)12-24)20(26)21(4,5)6;1-4-6-7-9-13(11-14)10-12(3)8-5-2/h7,13-14,16H,8-12H2,1-6H3;6-7,9-10H,4-5,8H2,1-3H3/b17-7-;7-6+,12-10+,13-9+. The molecule has 0 N–H and O–H groups in total. The van der Waals surface area contributed by atoms with Crippen molar-refractivity contribution < 1.29 is 4.79 Å². The molecule has 1 aromatic rings. The van der Waals surface area contributed by atoms with Crippen molar-refractivity contribution >= 4 is 17.3 Å². The van der Waals surface area contributed by atoms with Crippen LogP contribution in [-0.4, -0.2) is 46.5 Å². The lowest BCUT2D eigenvalue weighted by molar-refractivity contribution is -0.142. The number of anilines is 1. The van der Waals surface area contributed by atoms with Crippen molar-refractivity contribution in [1.82, 2.24) is 14.9 Å². The third-order valence-corrected chi connectivity index (χ3v) is 7.29.